The van der Waals surface area contributed by atoms with Crippen molar-refractivity contribution in [1.29, 1.82) is 0 Å². The summed E-state index contributed by atoms with van der Waals surface area (Å²) in [6.45, 7) is 4.22. The highest BCUT2D eigenvalue weighted by molar-refractivity contribution is 7.22. The number of fused-ring (bicyclic) bond motifs is 1. The number of likely N-dealkylation sites (N-methyl/N-ethyl adjacent to an activating group) is 1. The molecule has 0 fully saturated rings. The van der Waals surface area contributed by atoms with Gasteiger partial charge >= 0.3 is 0 Å². The van der Waals surface area contributed by atoms with Gasteiger partial charge in [0.05, 0.1) is 45.6 Å². The summed E-state index contributed by atoms with van der Waals surface area (Å²) in [5.74, 6) is 1.44. The van der Waals surface area contributed by atoms with Crippen LogP contribution in [0.5, 0.6) is 11.5 Å². The third kappa shape index (κ3) is 5.29. The van der Waals surface area contributed by atoms with Crippen molar-refractivity contribution in [3.63, 3.8) is 0 Å². The molecule has 7 heteroatoms. The largest absolute Gasteiger partial charge is 0.494 e. The monoisotopic (exact) mass is 428 g/mol. The number of nitrogens with zero attached hydrogens (tertiary/aromatic N) is 2. The molecule has 160 valence electrons. The second kappa shape index (κ2) is 10.4. The number of benzene rings is 2. The molecule has 0 aliphatic heterocycles. The van der Waals surface area contributed by atoms with E-state index in [1.165, 1.54) is 16.2 Å². The summed E-state index contributed by atoms with van der Waals surface area (Å²) in [5.41, 5.74) is 1.41. The second-order valence-electron chi connectivity index (χ2n) is 7.44. The molecule has 0 radical (unpaired) electrons. The maximum atomic E-state index is 13.4. The molecule has 3 aromatic rings. The molecule has 0 atom stereocenters. The number of unbranched alkanes of at least 4 members (excludes halogenated alkanes) is 1. The van der Waals surface area contributed by atoms with E-state index < -0.39 is 0 Å². The fourth-order valence-corrected chi connectivity index (χ4v) is 4.00. The first-order chi connectivity index (χ1) is 14.5. The summed E-state index contributed by atoms with van der Waals surface area (Å²) in [7, 11) is 5.79. The highest BCUT2D eigenvalue weighted by Crippen LogP contribution is 2.34. The maximum Gasteiger partial charge on any atom is 0.260 e. The van der Waals surface area contributed by atoms with Crippen LogP contribution in [0.15, 0.2) is 42.5 Å². The van der Waals surface area contributed by atoms with E-state index in [0.717, 1.165) is 35.4 Å². The molecule has 30 heavy (non-hydrogen) atoms. The van der Waals surface area contributed by atoms with Crippen molar-refractivity contribution >= 4 is 32.6 Å². The highest BCUT2D eigenvalue weighted by atomic mass is 32.1. The number of nitrogens with one attached hydrogen (secondary N) is 1. The van der Waals surface area contributed by atoms with E-state index in [4.69, 9.17) is 14.5 Å². The Bertz CT molecular complexity index is 969. The molecule has 0 unspecified atom stereocenters. The van der Waals surface area contributed by atoms with E-state index in [2.05, 4.69) is 21.0 Å². The number of carbonyl (C=O) groups excluding carboxylic acids is 1. The lowest BCUT2D eigenvalue weighted by Crippen LogP contribution is -3.06. The highest BCUT2D eigenvalue weighted by Gasteiger charge is 2.23. The average molecular weight is 429 g/mol. The Balaban J connectivity index is 1.87. The van der Waals surface area contributed by atoms with Gasteiger partial charge < -0.3 is 14.4 Å². The first-order valence-corrected chi connectivity index (χ1v) is 11.1. The molecule has 0 spiro atoms. The fourth-order valence-electron chi connectivity index (χ4n) is 3.00. The Labute approximate surface area is 182 Å². The van der Waals surface area contributed by atoms with Gasteiger partial charge in [0.2, 0.25) is 0 Å². The molecule has 1 amide bonds. The zero-order valence-corrected chi connectivity index (χ0v) is 18.9. The predicted molar refractivity (Wildman–Crippen MR) is 122 cm³/mol. The van der Waals surface area contributed by atoms with Gasteiger partial charge in [0.1, 0.15) is 17.0 Å². The van der Waals surface area contributed by atoms with E-state index >= 15 is 0 Å². The van der Waals surface area contributed by atoms with Gasteiger partial charge in [-0.3, -0.25) is 9.69 Å². The van der Waals surface area contributed by atoms with E-state index in [-0.39, 0.29) is 5.91 Å². The molecule has 0 aliphatic carbocycles. The summed E-state index contributed by atoms with van der Waals surface area (Å²) in [5, 5.41) is 0.684. The van der Waals surface area contributed by atoms with Crippen LogP contribution in [0.1, 0.15) is 30.1 Å². The van der Waals surface area contributed by atoms with Gasteiger partial charge in [-0.25, -0.2) is 4.98 Å². The molecule has 3 rings (SSSR count). The van der Waals surface area contributed by atoms with Gasteiger partial charge in [0, 0.05) is 5.56 Å². The number of amides is 1. The molecule has 1 aromatic heterocycles. The molecule has 1 heterocycles. The molecule has 6 nitrogen and oxygen atoms in total. The van der Waals surface area contributed by atoms with Crippen molar-refractivity contribution in [2.24, 2.45) is 0 Å². The number of anilines is 1. The van der Waals surface area contributed by atoms with Crippen LogP contribution in [0.2, 0.25) is 0 Å². The van der Waals surface area contributed by atoms with E-state index in [0.29, 0.717) is 29.6 Å². The van der Waals surface area contributed by atoms with Crippen molar-refractivity contribution < 1.29 is 19.2 Å². The van der Waals surface area contributed by atoms with Crippen LogP contribution in [-0.2, 0) is 0 Å². The zero-order chi connectivity index (χ0) is 21.5. The van der Waals surface area contributed by atoms with E-state index in [1.807, 2.05) is 42.5 Å². The van der Waals surface area contributed by atoms with E-state index in [9.17, 15) is 4.79 Å². The zero-order valence-electron chi connectivity index (χ0n) is 18.1. The van der Waals surface area contributed by atoms with Crippen LogP contribution in [0.25, 0.3) is 10.2 Å². The number of rotatable bonds is 10. The summed E-state index contributed by atoms with van der Waals surface area (Å²) in [6.07, 6.45) is 2.11. The number of aromatic nitrogens is 1. The smallest absolute Gasteiger partial charge is 0.260 e. The van der Waals surface area contributed by atoms with Crippen LogP contribution in [-0.4, -0.2) is 51.8 Å². The summed E-state index contributed by atoms with van der Waals surface area (Å²) >= 11 is 1.51. The minimum Gasteiger partial charge on any atom is -0.494 e. The first kappa shape index (κ1) is 22.1. The third-order valence-electron chi connectivity index (χ3n) is 4.77. The predicted octanol–water partition coefficient (Wildman–Crippen LogP) is 3.28. The third-order valence-corrected chi connectivity index (χ3v) is 5.81. The number of thiazole rings is 1. The average Bonchev–Trinajstić information content (AvgIpc) is 3.18. The number of ether oxygens (including phenoxy) is 2. The van der Waals surface area contributed by atoms with Crippen LogP contribution >= 0.6 is 11.3 Å². The Kier molecular flexibility index (Phi) is 7.65. The molecular formula is C23H30N3O3S+. The second-order valence-corrected chi connectivity index (χ2v) is 8.45. The minimum absolute atomic E-state index is 0.0608. The molecule has 1 N–H and O–H groups in total. The van der Waals surface area contributed by atoms with Gasteiger partial charge in [0.25, 0.3) is 5.91 Å². The van der Waals surface area contributed by atoms with Crippen LogP contribution in [0.4, 0.5) is 5.13 Å². The first-order valence-electron chi connectivity index (χ1n) is 10.3. The standard InChI is InChI=1S/C23H29N3O3S/c1-5-6-16-29-18-12-10-17(11-13-18)22(27)26(15-14-25(2)3)23-24-21-19(28-4)8-7-9-20(21)30-23/h7-13H,5-6,14-16H2,1-4H3/p+1. The normalized spacial score (nSPS) is 11.1. The SMILES string of the molecule is CCCCOc1ccc(C(=O)N(CC[NH+](C)C)c2nc3c(OC)cccc3s2)cc1. The van der Waals surface area contributed by atoms with Crippen LogP contribution < -0.4 is 19.3 Å². The van der Waals surface area contributed by atoms with E-state index in [1.54, 1.807) is 12.0 Å². The number of quaternary nitrogens is 1. The minimum atomic E-state index is -0.0608. The quantitative estimate of drug-likeness (QED) is 0.504. The van der Waals surface area contributed by atoms with Crippen LogP contribution in [0, 0.1) is 0 Å². The summed E-state index contributed by atoms with van der Waals surface area (Å²) in [6, 6.07) is 13.2. The summed E-state index contributed by atoms with van der Waals surface area (Å²) in [4.78, 5) is 21.2. The van der Waals surface area contributed by atoms with Gasteiger partial charge in [-0.2, -0.15) is 0 Å². The van der Waals surface area contributed by atoms with Gasteiger partial charge in [-0.05, 0) is 42.8 Å². The lowest BCUT2D eigenvalue weighted by Gasteiger charge is -2.21. The Morgan fingerprint density at radius 1 is 1.17 bits per heavy atom. The topological polar surface area (TPSA) is 56.1 Å². The van der Waals surface area contributed by atoms with Gasteiger partial charge in [0.15, 0.2) is 5.13 Å². The van der Waals surface area contributed by atoms with Crippen molar-refractivity contribution in [1.82, 2.24) is 4.98 Å². The lowest BCUT2D eigenvalue weighted by atomic mass is 10.2. The number of hydrogen-bond donors (Lipinski definition) is 1. The molecular weight excluding hydrogens is 398 g/mol. The number of hydrogen-bond acceptors (Lipinski definition) is 5. The van der Waals surface area contributed by atoms with Crippen molar-refractivity contribution in [2.75, 3.05) is 45.8 Å². The molecule has 0 saturated carbocycles. The van der Waals surface area contributed by atoms with Crippen molar-refractivity contribution in [3.8, 4) is 11.5 Å². The number of carbonyl (C=O) groups is 1. The molecule has 0 saturated heterocycles. The Morgan fingerprint density at radius 3 is 2.60 bits per heavy atom. The maximum absolute atomic E-state index is 13.4. The Hall–Kier alpha value is -2.64. The van der Waals surface area contributed by atoms with Crippen molar-refractivity contribution in [2.45, 2.75) is 19.8 Å². The summed E-state index contributed by atoms with van der Waals surface area (Å²) < 4.78 is 12.2. The lowest BCUT2D eigenvalue weighted by molar-refractivity contribution is -0.856. The molecule has 0 bridgehead atoms. The molecule has 0 aliphatic rings. The van der Waals surface area contributed by atoms with Crippen molar-refractivity contribution in [3.05, 3.63) is 48.0 Å². The van der Waals surface area contributed by atoms with Crippen LogP contribution in [0.3, 0.4) is 0 Å². The van der Waals surface area contributed by atoms with Gasteiger partial charge in [-0.1, -0.05) is 30.7 Å². The molecule has 2 aromatic carbocycles. The number of methoxy groups -OCH3 is 1. The Morgan fingerprint density at radius 2 is 1.93 bits per heavy atom. The number of para-hydroxylation sites is 1. The fraction of sp³-hybridized carbons (Fsp3) is 0.391. The van der Waals surface area contributed by atoms with Gasteiger partial charge in [-0.15, -0.1) is 0 Å².